The zero-order chi connectivity index (χ0) is 20.2. The number of hydrogen-bond acceptors (Lipinski definition) is 2. The number of benzene rings is 1. The lowest BCUT2D eigenvalue weighted by Gasteiger charge is -2.35. The van der Waals surface area contributed by atoms with E-state index >= 15 is 0 Å². The second-order valence-corrected chi connectivity index (χ2v) is 8.70. The molecule has 0 atom stereocenters. The maximum absolute atomic E-state index is 13.6. The number of aromatic nitrogens is 1. The standard InChI is InChI=1S/C21H23ClF3NO2/c1-19(2)27-11-13(12-28-19)9-15-10-17(20(7-8-20)21(23,24)25)26-18(15)14-3-5-16(22)6-4-14/h3-6,10,13,26H,7-9,11-12H2,1-2H3. The van der Waals surface area contributed by atoms with Gasteiger partial charge in [0.15, 0.2) is 5.79 Å². The minimum atomic E-state index is -4.26. The number of aromatic amines is 1. The van der Waals surface area contributed by atoms with Crippen LogP contribution in [0, 0.1) is 5.92 Å². The summed E-state index contributed by atoms with van der Waals surface area (Å²) in [6, 6.07) is 8.82. The lowest BCUT2D eigenvalue weighted by Crippen LogP contribution is -2.39. The largest absolute Gasteiger partial charge is 0.399 e. The molecule has 1 N–H and O–H groups in total. The molecule has 4 rings (SSSR count). The molecule has 3 nitrogen and oxygen atoms in total. The van der Waals surface area contributed by atoms with Crippen molar-refractivity contribution in [1.82, 2.24) is 4.98 Å². The highest BCUT2D eigenvalue weighted by atomic mass is 35.5. The summed E-state index contributed by atoms with van der Waals surface area (Å²) in [5.74, 6) is -0.531. The third-order valence-electron chi connectivity index (χ3n) is 5.68. The van der Waals surface area contributed by atoms with Crippen LogP contribution in [0.2, 0.25) is 5.02 Å². The molecule has 1 aliphatic heterocycles. The van der Waals surface area contributed by atoms with Gasteiger partial charge >= 0.3 is 6.18 Å². The summed E-state index contributed by atoms with van der Waals surface area (Å²) in [5, 5.41) is 0.586. The van der Waals surface area contributed by atoms with Crippen LogP contribution in [0.1, 0.15) is 37.9 Å². The number of halogens is 4. The minimum Gasteiger partial charge on any atom is -0.357 e. The summed E-state index contributed by atoms with van der Waals surface area (Å²) in [7, 11) is 0. The Kier molecular flexibility index (Phi) is 4.80. The number of hydrogen-bond donors (Lipinski definition) is 1. The third kappa shape index (κ3) is 3.70. The molecule has 1 aromatic carbocycles. The Labute approximate surface area is 167 Å². The Morgan fingerprint density at radius 1 is 1.11 bits per heavy atom. The van der Waals surface area contributed by atoms with Crippen LogP contribution in [0.3, 0.4) is 0 Å². The first-order valence-corrected chi connectivity index (χ1v) is 9.80. The van der Waals surface area contributed by atoms with Gasteiger partial charge in [0.05, 0.1) is 13.2 Å². The van der Waals surface area contributed by atoms with Crippen LogP contribution in [-0.4, -0.2) is 30.2 Å². The molecule has 0 unspecified atom stereocenters. The van der Waals surface area contributed by atoms with Gasteiger partial charge in [0.1, 0.15) is 5.41 Å². The molecule has 0 amide bonds. The van der Waals surface area contributed by atoms with E-state index in [1.807, 2.05) is 26.0 Å². The number of nitrogens with one attached hydrogen (secondary N) is 1. The van der Waals surface area contributed by atoms with Gasteiger partial charge in [-0.1, -0.05) is 23.7 Å². The van der Waals surface area contributed by atoms with Crippen LogP contribution in [0.15, 0.2) is 30.3 Å². The molecule has 2 heterocycles. The summed E-state index contributed by atoms with van der Waals surface area (Å²) in [6.45, 7) is 4.74. The molecule has 1 saturated heterocycles. The Bertz CT molecular complexity index is 844. The van der Waals surface area contributed by atoms with Crippen molar-refractivity contribution < 1.29 is 22.6 Å². The van der Waals surface area contributed by atoms with Gasteiger partial charge in [-0.15, -0.1) is 0 Å². The number of rotatable bonds is 4. The first-order valence-electron chi connectivity index (χ1n) is 9.43. The second-order valence-electron chi connectivity index (χ2n) is 8.26. The molecule has 0 spiro atoms. The van der Waals surface area contributed by atoms with Gasteiger partial charge in [0.25, 0.3) is 0 Å². The second kappa shape index (κ2) is 6.78. The third-order valence-corrected chi connectivity index (χ3v) is 5.93. The van der Waals surface area contributed by atoms with E-state index < -0.39 is 17.4 Å². The highest BCUT2D eigenvalue weighted by molar-refractivity contribution is 6.30. The summed E-state index contributed by atoms with van der Waals surface area (Å²) in [5.41, 5.74) is 0.893. The molecule has 7 heteroatoms. The smallest absolute Gasteiger partial charge is 0.357 e. The fraction of sp³-hybridized carbons (Fsp3) is 0.524. The van der Waals surface area contributed by atoms with Gasteiger partial charge in [0, 0.05) is 22.3 Å². The Morgan fingerprint density at radius 2 is 1.71 bits per heavy atom. The molecule has 0 radical (unpaired) electrons. The monoisotopic (exact) mass is 413 g/mol. The molecular weight excluding hydrogens is 391 g/mol. The van der Waals surface area contributed by atoms with E-state index in [4.69, 9.17) is 21.1 Å². The van der Waals surface area contributed by atoms with Crippen molar-refractivity contribution in [1.29, 1.82) is 0 Å². The average molecular weight is 414 g/mol. The van der Waals surface area contributed by atoms with Crippen molar-refractivity contribution in [3.63, 3.8) is 0 Å². The van der Waals surface area contributed by atoms with E-state index in [0.29, 0.717) is 30.4 Å². The van der Waals surface area contributed by atoms with E-state index in [9.17, 15) is 13.2 Å². The number of ether oxygens (including phenoxy) is 2. The first-order chi connectivity index (χ1) is 13.1. The van der Waals surface area contributed by atoms with Gasteiger partial charge in [-0.25, -0.2) is 0 Å². The molecule has 152 valence electrons. The number of H-pyrrole nitrogens is 1. The highest BCUT2D eigenvalue weighted by Crippen LogP contribution is 2.59. The van der Waals surface area contributed by atoms with Crippen LogP contribution in [0.5, 0.6) is 0 Å². The van der Waals surface area contributed by atoms with E-state index in [2.05, 4.69) is 4.98 Å². The summed E-state index contributed by atoms with van der Waals surface area (Å²) in [6.07, 6.45) is -3.42. The summed E-state index contributed by atoms with van der Waals surface area (Å²) in [4.78, 5) is 3.09. The average Bonchev–Trinajstić information content (AvgIpc) is 3.34. The fourth-order valence-corrected chi connectivity index (χ4v) is 3.90. The van der Waals surface area contributed by atoms with E-state index in [-0.39, 0.29) is 24.5 Å². The summed E-state index contributed by atoms with van der Waals surface area (Å²) >= 11 is 5.98. The van der Waals surface area contributed by atoms with E-state index in [0.717, 1.165) is 11.1 Å². The fourth-order valence-electron chi connectivity index (χ4n) is 3.78. The number of alkyl halides is 3. The molecular formula is C21H23ClF3NO2. The Hall–Kier alpha value is -1.50. The lowest BCUT2D eigenvalue weighted by atomic mass is 9.96. The predicted molar refractivity (Wildman–Crippen MR) is 101 cm³/mol. The maximum Gasteiger partial charge on any atom is 0.399 e. The van der Waals surface area contributed by atoms with Crippen LogP contribution < -0.4 is 0 Å². The molecule has 0 bridgehead atoms. The van der Waals surface area contributed by atoms with Crippen LogP contribution in [0.25, 0.3) is 11.3 Å². The minimum absolute atomic E-state index is 0.0868. The van der Waals surface area contributed by atoms with Crippen molar-refractivity contribution >= 4 is 11.6 Å². The first kappa shape index (κ1) is 19.8. The quantitative estimate of drug-likeness (QED) is 0.680. The molecule has 1 aliphatic carbocycles. The maximum atomic E-state index is 13.6. The van der Waals surface area contributed by atoms with Crippen molar-refractivity contribution in [3.05, 3.63) is 46.6 Å². The lowest BCUT2D eigenvalue weighted by molar-refractivity contribution is -0.261. The Morgan fingerprint density at radius 3 is 2.25 bits per heavy atom. The van der Waals surface area contributed by atoms with Gasteiger partial charge in [-0.05, 0) is 62.4 Å². The van der Waals surface area contributed by atoms with Crippen LogP contribution in [0.4, 0.5) is 13.2 Å². The van der Waals surface area contributed by atoms with Gasteiger partial charge in [0.2, 0.25) is 0 Å². The topological polar surface area (TPSA) is 34.2 Å². The van der Waals surface area contributed by atoms with Crippen molar-refractivity contribution in [2.45, 2.75) is 50.5 Å². The molecule has 2 aromatic rings. The summed E-state index contributed by atoms with van der Waals surface area (Å²) < 4.78 is 52.4. The van der Waals surface area contributed by atoms with Crippen LogP contribution in [-0.2, 0) is 21.3 Å². The normalized spacial score (nSPS) is 21.6. The van der Waals surface area contributed by atoms with Crippen molar-refractivity contribution in [2.75, 3.05) is 13.2 Å². The van der Waals surface area contributed by atoms with Gasteiger partial charge < -0.3 is 14.5 Å². The molecule has 1 saturated carbocycles. The van der Waals surface area contributed by atoms with E-state index in [1.54, 1.807) is 18.2 Å². The van der Waals surface area contributed by atoms with Crippen molar-refractivity contribution in [2.24, 2.45) is 5.92 Å². The highest BCUT2D eigenvalue weighted by Gasteiger charge is 2.65. The van der Waals surface area contributed by atoms with Gasteiger partial charge in [-0.3, -0.25) is 0 Å². The molecule has 28 heavy (non-hydrogen) atoms. The van der Waals surface area contributed by atoms with Gasteiger partial charge in [-0.2, -0.15) is 13.2 Å². The van der Waals surface area contributed by atoms with Crippen molar-refractivity contribution in [3.8, 4) is 11.3 Å². The SMILES string of the molecule is CC1(C)OCC(Cc2cc(C3(C(F)(F)F)CC3)[nH]c2-c2ccc(Cl)cc2)CO1. The molecule has 2 fully saturated rings. The zero-order valence-electron chi connectivity index (χ0n) is 15.8. The van der Waals surface area contributed by atoms with Crippen LogP contribution >= 0.6 is 11.6 Å². The zero-order valence-corrected chi connectivity index (χ0v) is 16.6. The Balaban J connectivity index is 1.67. The van der Waals surface area contributed by atoms with E-state index in [1.165, 1.54) is 0 Å². The molecule has 1 aromatic heterocycles. The molecule has 2 aliphatic rings. The predicted octanol–water partition coefficient (Wildman–Crippen LogP) is 5.87.